The molecule has 0 spiro atoms. The summed E-state index contributed by atoms with van der Waals surface area (Å²) in [5.41, 5.74) is 1.06. The maximum absolute atomic E-state index is 12.5. The van der Waals surface area contributed by atoms with Crippen molar-refractivity contribution in [1.29, 1.82) is 0 Å². The molecule has 2 aliphatic heterocycles. The Labute approximate surface area is 168 Å². The Morgan fingerprint density at radius 1 is 1.22 bits per heavy atom. The normalized spacial score (nSPS) is 20.6. The van der Waals surface area contributed by atoms with Crippen LogP contribution < -0.4 is 5.32 Å². The largest absolute Gasteiger partial charge is 0.352 e. The topological polar surface area (TPSA) is 48.5 Å². The molecule has 1 amide bonds. The maximum atomic E-state index is 12.5. The quantitative estimate of drug-likeness (QED) is 0.692. The van der Waals surface area contributed by atoms with Gasteiger partial charge < -0.3 is 15.1 Å². The third-order valence-corrected chi connectivity index (χ3v) is 6.68. The van der Waals surface area contributed by atoms with Crippen LogP contribution in [0.1, 0.15) is 37.7 Å². The zero-order valence-corrected chi connectivity index (χ0v) is 17.4. The number of piperidine rings is 2. The van der Waals surface area contributed by atoms with Crippen LogP contribution in [0.15, 0.2) is 24.5 Å². The first-order valence-corrected chi connectivity index (χ1v) is 11.8. The summed E-state index contributed by atoms with van der Waals surface area (Å²) in [5, 5.41) is 3.09. The van der Waals surface area contributed by atoms with Crippen LogP contribution in [-0.4, -0.2) is 71.5 Å². The van der Waals surface area contributed by atoms with Crippen LogP contribution >= 0.6 is 11.8 Å². The van der Waals surface area contributed by atoms with Gasteiger partial charge in [0.1, 0.15) is 0 Å². The number of amides is 1. The van der Waals surface area contributed by atoms with E-state index in [0.717, 1.165) is 37.5 Å². The Bertz CT molecular complexity index is 555. The summed E-state index contributed by atoms with van der Waals surface area (Å²) in [5.74, 6) is 1.66. The minimum absolute atomic E-state index is 0.171. The third-order valence-electron chi connectivity index (χ3n) is 5.99. The van der Waals surface area contributed by atoms with E-state index in [2.05, 4.69) is 26.4 Å². The van der Waals surface area contributed by atoms with Gasteiger partial charge in [-0.25, -0.2) is 0 Å². The Morgan fingerprint density at radius 2 is 2.00 bits per heavy atom. The van der Waals surface area contributed by atoms with Crippen molar-refractivity contribution in [2.45, 2.75) is 44.7 Å². The molecule has 27 heavy (non-hydrogen) atoms. The molecule has 5 nitrogen and oxygen atoms in total. The molecule has 150 valence electrons. The molecular formula is C21H34N4OS. The molecule has 2 saturated heterocycles. The van der Waals surface area contributed by atoms with E-state index < -0.39 is 0 Å². The average molecular weight is 391 g/mol. The number of carbonyl (C=O) groups excluding carboxylic acids is 1. The van der Waals surface area contributed by atoms with Gasteiger partial charge >= 0.3 is 0 Å². The van der Waals surface area contributed by atoms with E-state index in [0.29, 0.717) is 6.54 Å². The molecule has 3 heterocycles. The molecule has 2 fully saturated rings. The van der Waals surface area contributed by atoms with Crippen molar-refractivity contribution in [2.24, 2.45) is 5.92 Å². The van der Waals surface area contributed by atoms with Crippen LogP contribution in [0.25, 0.3) is 0 Å². The predicted octanol–water partition coefficient (Wildman–Crippen LogP) is 2.63. The highest BCUT2D eigenvalue weighted by atomic mass is 32.2. The van der Waals surface area contributed by atoms with Crippen molar-refractivity contribution >= 4 is 17.7 Å². The van der Waals surface area contributed by atoms with Crippen LogP contribution in [0.3, 0.4) is 0 Å². The monoisotopic (exact) mass is 390 g/mol. The lowest BCUT2D eigenvalue weighted by atomic mass is 9.92. The van der Waals surface area contributed by atoms with E-state index in [9.17, 15) is 4.79 Å². The maximum Gasteiger partial charge on any atom is 0.223 e. The van der Waals surface area contributed by atoms with E-state index in [1.807, 2.05) is 30.1 Å². The molecule has 3 rings (SSSR count). The summed E-state index contributed by atoms with van der Waals surface area (Å²) < 4.78 is 0. The van der Waals surface area contributed by atoms with Crippen molar-refractivity contribution in [3.05, 3.63) is 30.1 Å². The number of hydrogen-bond donors (Lipinski definition) is 1. The molecule has 1 aromatic heterocycles. The highest BCUT2D eigenvalue weighted by Crippen LogP contribution is 2.24. The van der Waals surface area contributed by atoms with Gasteiger partial charge in [-0.05, 0) is 88.5 Å². The lowest BCUT2D eigenvalue weighted by Gasteiger charge is -2.41. The predicted molar refractivity (Wildman–Crippen MR) is 113 cm³/mol. The highest BCUT2D eigenvalue weighted by molar-refractivity contribution is 7.98. The van der Waals surface area contributed by atoms with Crippen LogP contribution in [0.4, 0.5) is 0 Å². The molecule has 1 aromatic rings. The first-order chi connectivity index (χ1) is 13.3. The number of hydrogen-bond acceptors (Lipinski definition) is 5. The van der Waals surface area contributed by atoms with Crippen molar-refractivity contribution < 1.29 is 4.79 Å². The Hall–Kier alpha value is -1.11. The van der Waals surface area contributed by atoms with Crippen LogP contribution in [-0.2, 0) is 11.3 Å². The molecule has 2 aliphatic rings. The Morgan fingerprint density at radius 3 is 2.67 bits per heavy atom. The Balaban J connectivity index is 1.33. The smallest absolute Gasteiger partial charge is 0.223 e. The fourth-order valence-electron chi connectivity index (χ4n) is 4.30. The Kier molecular flexibility index (Phi) is 8.42. The molecule has 0 unspecified atom stereocenters. The van der Waals surface area contributed by atoms with E-state index in [4.69, 9.17) is 0 Å². The first kappa shape index (κ1) is 20.6. The van der Waals surface area contributed by atoms with E-state index in [1.165, 1.54) is 44.6 Å². The summed E-state index contributed by atoms with van der Waals surface area (Å²) in [6.45, 7) is 6.47. The van der Waals surface area contributed by atoms with Gasteiger partial charge in [0.25, 0.3) is 0 Å². The summed E-state index contributed by atoms with van der Waals surface area (Å²) in [6.07, 6.45) is 11.6. The second kappa shape index (κ2) is 11.0. The molecule has 0 aromatic carbocycles. The molecule has 0 atom stereocenters. The van der Waals surface area contributed by atoms with Crippen molar-refractivity contribution in [2.75, 3.05) is 44.7 Å². The van der Waals surface area contributed by atoms with E-state index in [1.54, 1.807) is 6.20 Å². The second-order valence-corrected chi connectivity index (χ2v) is 8.79. The second-order valence-electron chi connectivity index (χ2n) is 7.81. The van der Waals surface area contributed by atoms with Crippen LogP contribution in [0.2, 0.25) is 0 Å². The van der Waals surface area contributed by atoms with Gasteiger partial charge in [0.2, 0.25) is 5.91 Å². The van der Waals surface area contributed by atoms with Crippen molar-refractivity contribution in [3.8, 4) is 0 Å². The van der Waals surface area contributed by atoms with Crippen LogP contribution in [0.5, 0.6) is 0 Å². The standard InChI is InChI=1S/C21H34N4OS/c1-27-15-3-10-24-11-7-20(8-12-24)25-13-5-19(6-14-25)21(26)23-17-18-4-2-9-22-16-18/h2,4,9,16,19-20H,3,5-8,10-15,17H2,1H3,(H,23,26). The summed E-state index contributed by atoms with van der Waals surface area (Å²) >= 11 is 1.95. The van der Waals surface area contributed by atoms with Gasteiger partial charge in [0.05, 0.1) is 0 Å². The number of thioether (sulfide) groups is 1. The minimum atomic E-state index is 0.171. The number of aromatic nitrogens is 1. The zero-order chi connectivity index (χ0) is 18.9. The van der Waals surface area contributed by atoms with Gasteiger partial charge in [0, 0.05) is 30.9 Å². The number of carbonyl (C=O) groups is 1. The SMILES string of the molecule is CSCCCN1CCC(N2CCC(C(=O)NCc3cccnc3)CC2)CC1. The third kappa shape index (κ3) is 6.47. The number of rotatable bonds is 8. The molecule has 0 aliphatic carbocycles. The lowest BCUT2D eigenvalue weighted by molar-refractivity contribution is -0.126. The fraction of sp³-hybridized carbons (Fsp3) is 0.714. The molecule has 1 N–H and O–H groups in total. The van der Waals surface area contributed by atoms with Gasteiger partial charge in [-0.15, -0.1) is 0 Å². The number of nitrogens with one attached hydrogen (secondary N) is 1. The molecule has 0 bridgehead atoms. The van der Waals surface area contributed by atoms with Crippen molar-refractivity contribution in [3.63, 3.8) is 0 Å². The van der Waals surface area contributed by atoms with Gasteiger partial charge in [-0.3, -0.25) is 9.78 Å². The van der Waals surface area contributed by atoms with Gasteiger partial charge in [0.15, 0.2) is 0 Å². The molecule has 0 saturated carbocycles. The zero-order valence-electron chi connectivity index (χ0n) is 16.6. The first-order valence-electron chi connectivity index (χ1n) is 10.4. The fourth-order valence-corrected chi connectivity index (χ4v) is 4.72. The molecule has 6 heteroatoms. The van der Waals surface area contributed by atoms with Crippen LogP contribution in [0, 0.1) is 5.92 Å². The van der Waals surface area contributed by atoms with E-state index >= 15 is 0 Å². The number of nitrogens with zero attached hydrogens (tertiary/aromatic N) is 3. The number of likely N-dealkylation sites (tertiary alicyclic amines) is 2. The average Bonchev–Trinajstić information content (AvgIpc) is 2.74. The van der Waals surface area contributed by atoms with Gasteiger partial charge in [-0.1, -0.05) is 6.07 Å². The summed E-state index contributed by atoms with van der Waals surface area (Å²) in [7, 11) is 0. The number of pyridine rings is 1. The highest BCUT2D eigenvalue weighted by Gasteiger charge is 2.30. The van der Waals surface area contributed by atoms with E-state index in [-0.39, 0.29) is 11.8 Å². The summed E-state index contributed by atoms with van der Waals surface area (Å²) in [4.78, 5) is 21.8. The molecular weight excluding hydrogens is 356 g/mol. The minimum Gasteiger partial charge on any atom is -0.352 e. The lowest BCUT2D eigenvalue weighted by Crippen LogP contribution is -2.49. The summed E-state index contributed by atoms with van der Waals surface area (Å²) in [6, 6.07) is 4.64. The van der Waals surface area contributed by atoms with Crippen molar-refractivity contribution in [1.82, 2.24) is 20.1 Å². The van der Waals surface area contributed by atoms with Gasteiger partial charge in [-0.2, -0.15) is 11.8 Å². The molecule has 0 radical (unpaired) electrons.